The normalized spacial score (nSPS) is 20.6. The number of hydrogen-bond donors (Lipinski definition) is 1. The second kappa shape index (κ2) is 12.2. The van der Waals surface area contributed by atoms with E-state index in [1.807, 2.05) is 31.3 Å². The molecule has 1 atom stereocenters. The van der Waals surface area contributed by atoms with Gasteiger partial charge in [0.25, 0.3) is 0 Å². The Balaban J connectivity index is 0.00000320. The summed E-state index contributed by atoms with van der Waals surface area (Å²) in [5.74, 6) is 1.31. The fraction of sp³-hybridized carbons (Fsp3) is 0.650. The van der Waals surface area contributed by atoms with Gasteiger partial charge in [-0.15, -0.1) is 24.0 Å². The van der Waals surface area contributed by atoms with E-state index >= 15 is 0 Å². The first-order valence-corrected chi connectivity index (χ1v) is 11.7. The second-order valence-electron chi connectivity index (χ2n) is 7.55. The highest BCUT2D eigenvalue weighted by atomic mass is 127. The van der Waals surface area contributed by atoms with Gasteiger partial charge in [-0.25, -0.2) is 8.42 Å². The number of sulfonamides is 1. The van der Waals surface area contributed by atoms with Crippen LogP contribution >= 0.6 is 24.0 Å². The number of hydrogen-bond acceptors (Lipinski definition) is 5. The van der Waals surface area contributed by atoms with Gasteiger partial charge in [0.15, 0.2) is 5.96 Å². The third-order valence-electron chi connectivity index (χ3n) is 5.39. The maximum atomic E-state index is 12.8. The summed E-state index contributed by atoms with van der Waals surface area (Å²) in [7, 11) is 0.415. The Hall–Kier alpha value is -0.950. The summed E-state index contributed by atoms with van der Waals surface area (Å²) < 4.78 is 37.9. The number of rotatable bonds is 7. The van der Waals surface area contributed by atoms with E-state index in [1.54, 1.807) is 7.05 Å². The number of nitrogens with zero attached hydrogens (tertiary/aromatic N) is 3. The molecule has 2 heterocycles. The van der Waals surface area contributed by atoms with Crippen molar-refractivity contribution in [2.45, 2.75) is 18.7 Å². The van der Waals surface area contributed by atoms with Crippen LogP contribution in [0.2, 0.25) is 0 Å². The zero-order valence-corrected chi connectivity index (χ0v) is 20.9. The molecule has 170 valence electrons. The first kappa shape index (κ1) is 25.3. The molecule has 2 saturated heterocycles. The number of nitrogens with one attached hydrogen (secondary N) is 1. The van der Waals surface area contributed by atoms with Gasteiger partial charge < -0.3 is 19.7 Å². The third-order valence-corrected chi connectivity index (χ3v) is 7.21. The molecule has 2 fully saturated rings. The lowest BCUT2D eigenvalue weighted by Crippen LogP contribution is -2.42. The Bertz CT molecular complexity index is 794. The summed E-state index contributed by atoms with van der Waals surface area (Å²) >= 11 is 0. The minimum absolute atomic E-state index is 0. The first-order chi connectivity index (χ1) is 14.0. The predicted molar refractivity (Wildman–Crippen MR) is 129 cm³/mol. The zero-order chi connectivity index (χ0) is 20.7. The van der Waals surface area contributed by atoms with Crippen LogP contribution in [0.25, 0.3) is 0 Å². The van der Waals surface area contributed by atoms with Crippen LogP contribution in [0.1, 0.15) is 17.5 Å². The van der Waals surface area contributed by atoms with Gasteiger partial charge in [0, 0.05) is 52.8 Å². The van der Waals surface area contributed by atoms with Crippen molar-refractivity contribution in [1.82, 2.24) is 14.5 Å². The van der Waals surface area contributed by atoms with Crippen LogP contribution < -0.4 is 5.32 Å². The average molecular weight is 552 g/mol. The van der Waals surface area contributed by atoms with E-state index < -0.39 is 10.0 Å². The summed E-state index contributed by atoms with van der Waals surface area (Å²) in [4.78, 5) is 6.48. The molecule has 0 aliphatic carbocycles. The maximum absolute atomic E-state index is 12.8. The molecule has 2 aliphatic rings. The molecule has 1 N–H and O–H groups in total. The van der Waals surface area contributed by atoms with E-state index in [0.29, 0.717) is 38.8 Å². The summed E-state index contributed by atoms with van der Waals surface area (Å²) in [6.45, 7) is 4.78. The molecular weight excluding hydrogens is 519 g/mol. The standard InChI is InChI=1S/C20H32N4O4S.HI/c1-21-20(23(2)14-17-7-10-28-15-17)22-13-18-5-3-4-6-19(18)16-29(25,26)24-8-11-27-12-9-24;/h3-6,17H,7-16H2,1-2H3,(H,21,22);1H. The molecule has 8 nitrogen and oxygen atoms in total. The molecule has 1 aromatic rings. The monoisotopic (exact) mass is 552 g/mol. The van der Waals surface area contributed by atoms with E-state index in [2.05, 4.69) is 15.2 Å². The topological polar surface area (TPSA) is 83.5 Å². The van der Waals surface area contributed by atoms with Gasteiger partial charge in [-0.05, 0) is 17.5 Å². The van der Waals surface area contributed by atoms with Crippen LogP contribution in [0.4, 0.5) is 0 Å². The fourth-order valence-corrected chi connectivity index (χ4v) is 5.31. The molecule has 2 aliphatic heterocycles. The van der Waals surface area contributed by atoms with Gasteiger partial charge in [-0.2, -0.15) is 4.31 Å². The molecule has 0 radical (unpaired) electrons. The lowest BCUT2D eigenvalue weighted by Gasteiger charge is -2.27. The molecule has 3 rings (SSSR count). The summed E-state index contributed by atoms with van der Waals surface area (Å²) in [6, 6.07) is 7.67. The molecule has 0 saturated carbocycles. The number of ether oxygens (including phenoxy) is 2. The van der Waals surface area contributed by atoms with Crippen molar-refractivity contribution in [3.8, 4) is 0 Å². The number of morpholine rings is 1. The minimum atomic E-state index is -3.36. The second-order valence-corrected chi connectivity index (χ2v) is 9.52. The largest absolute Gasteiger partial charge is 0.381 e. The van der Waals surface area contributed by atoms with Crippen molar-refractivity contribution in [1.29, 1.82) is 0 Å². The van der Waals surface area contributed by atoms with Crippen molar-refractivity contribution in [2.24, 2.45) is 10.9 Å². The SMILES string of the molecule is CN=C(NCc1ccccc1CS(=O)(=O)N1CCOCC1)N(C)CC1CCOC1.I. The van der Waals surface area contributed by atoms with Gasteiger partial charge in [-0.3, -0.25) is 4.99 Å². The van der Waals surface area contributed by atoms with Crippen LogP contribution in [0.3, 0.4) is 0 Å². The molecular formula is C20H33IN4O4S. The Morgan fingerprint density at radius 1 is 1.20 bits per heavy atom. The molecule has 30 heavy (non-hydrogen) atoms. The van der Waals surface area contributed by atoms with Crippen LogP contribution in [0, 0.1) is 5.92 Å². The quantitative estimate of drug-likeness (QED) is 0.314. The Morgan fingerprint density at radius 2 is 1.90 bits per heavy atom. The van der Waals surface area contributed by atoms with Gasteiger partial charge in [-0.1, -0.05) is 24.3 Å². The highest BCUT2D eigenvalue weighted by Gasteiger charge is 2.25. The van der Waals surface area contributed by atoms with Gasteiger partial charge >= 0.3 is 0 Å². The number of guanidine groups is 1. The number of aliphatic imine (C=N–C) groups is 1. The molecule has 10 heteroatoms. The van der Waals surface area contributed by atoms with Crippen molar-refractivity contribution in [2.75, 3.05) is 60.2 Å². The van der Waals surface area contributed by atoms with E-state index in [4.69, 9.17) is 9.47 Å². The van der Waals surface area contributed by atoms with Gasteiger partial charge in [0.2, 0.25) is 10.0 Å². The van der Waals surface area contributed by atoms with Crippen LogP contribution in [-0.4, -0.2) is 83.7 Å². The Morgan fingerprint density at radius 3 is 2.53 bits per heavy atom. The minimum Gasteiger partial charge on any atom is -0.381 e. The lowest BCUT2D eigenvalue weighted by atomic mass is 10.1. The average Bonchev–Trinajstić information content (AvgIpc) is 3.23. The first-order valence-electron chi connectivity index (χ1n) is 10.1. The van der Waals surface area contributed by atoms with Crippen molar-refractivity contribution in [3.63, 3.8) is 0 Å². The van der Waals surface area contributed by atoms with Crippen LogP contribution in [0.5, 0.6) is 0 Å². The predicted octanol–water partition coefficient (Wildman–Crippen LogP) is 1.51. The molecule has 0 aromatic heterocycles. The molecule has 1 aromatic carbocycles. The van der Waals surface area contributed by atoms with E-state index in [0.717, 1.165) is 43.3 Å². The van der Waals surface area contributed by atoms with E-state index in [-0.39, 0.29) is 29.7 Å². The summed E-state index contributed by atoms with van der Waals surface area (Å²) in [6.07, 6.45) is 1.07. The number of halogens is 1. The Labute approximate surface area is 197 Å². The van der Waals surface area contributed by atoms with Crippen molar-refractivity contribution >= 4 is 40.0 Å². The van der Waals surface area contributed by atoms with E-state index in [1.165, 1.54) is 4.31 Å². The zero-order valence-electron chi connectivity index (χ0n) is 17.7. The highest BCUT2D eigenvalue weighted by Crippen LogP contribution is 2.17. The number of benzene rings is 1. The van der Waals surface area contributed by atoms with Crippen LogP contribution in [0.15, 0.2) is 29.3 Å². The Kier molecular flexibility index (Phi) is 10.3. The van der Waals surface area contributed by atoms with Crippen LogP contribution in [-0.2, 0) is 31.8 Å². The lowest BCUT2D eigenvalue weighted by molar-refractivity contribution is 0.0729. The summed E-state index contributed by atoms with van der Waals surface area (Å²) in [5, 5.41) is 3.37. The third kappa shape index (κ3) is 7.04. The fourth-order valence-electron chi connectivity index (χ4n) is 3.74. The maximum Gasteiger partial charge on any atom is 0.218 e. The van der Waals surface area contributed by atoms with Gasteiger partial charge in [0.1, 0.15) is 0 Å². The smallest absolute Gasteiger partial charge is 0.218 e. The van der Waals surface area contributed by atoms with Crippen molar-refractivity contribution in [3.05, 3.63) is 35.4 Å². The van der Waals surface area contributed by atoms with Crippen molar-refractivity contribution < 1.29 is 17.9 Å². The van der Waals surface area contributed by atoms with E-state index in [9.17, 15) is 8.42 Å². The highest BCUT2D eigenvalue weighted by molar-refractivity contribution is 14.0. The molecule has 0 spiro atoms. The molecule has 1 unspecified atom stereocenters. The molecule has 0 amide bonds. The summed E-state index contributed by atoms with van der Waals surface area (Å²) in [5.41, 5.74) is 1.77. The molecule has 0 bridgehead atoms. The van der Waals surface area contributed by atoms with Gasteiger partial charge in [0.05, 0.1) is 25.6 Å².